The van der Waals surface area contributed by atoms with Crippen molar-refractivity contribution in [1.82, 2.24) is 13.7 Å². The van der Waals surface area contributed by atoms with E-state index in [1.165, 1.54) is 18.2 Å². The molecule has 0 N–H and O–H groups in total. The Kier molecular flexibility index (Phi) is 2.65. The van der Waals surface area contributed by atoms with Gasteiger partial charge < -0.3 is 13.7 Å². The number of hydrogen-bond donors (Lipinski definition) is 0. The van der Waals surface area contributed by atoms with E-state index in [4.69, 9.17) is 28.8 Å². The summed E-state index contributed by atoms with van der Waals surface area (Å²) in [4.78, 5) is 0. The largest absolute Gasteiger partial charge is 0.309 e. The molecule has 0 aliphatic heterocycles. The van der Waals surface area contributed by atoms with E-state index in [0.29, 0.717) is 0 Å². The smallest absolute Gasteiger partial charge is 0.0709 e. The predicted molar refractivity (Wildman–Crippen MR) is 215 cm³/mol. The maximum atomic E-state index is 9.99. The van der Waals surface area contributed by atoms with Crippen LogP contribution in [-0.4, -0.2) is 13.7 Å². The van der Waals surface area contributed by atoms with Crippen LogP contribution in [0.3, 0.4) is 0 Å². The van der Waals surface area contributed by atoms with Gasteiger partial charge >= 0.3 is 0 Å². The van der Waals surface area contributed by atoms with Crippen LogP contribution in [0, 0.1) is 0 Å². The maximum absolute atomic E-state index is 9.99. The van der Waals surface area contributed by atoms with E-state index in [9.17, 15) is 8.22 Å². The number of aromatic nitrogens is 3. The highest BCUT2D eigenvalue weighted by Crippen LogP contribution is 2.41. The molecule has 11 aromatic rings. The van der Waals surface area contributed by atoms with Crippen LogP contribution in [0.25, 0.3) is 93.6 Å². The molecule has 0 atom stereocenters. The van der Waals surface area contributed by atoms with Gasteiger partial charge in [0.15, 0.2) is 0 Å². The molecular weight excluding hydrogens is 619 g/mol. The van der Waals surface area contributed by atoms with E-state index in [0.717, 1.165) is 19.8 Å². The molecule has 238 valence electrons. The Labute approximate surface area is 332 Å². The van der Waals surface area contributed by atoms with Gasteiger partial charge in [-0.05, 0) is 71.6 Å². The Morgan fingerprint density at radius 2 is 0.706 bits per heavy atom. The molecule has 3 heterocycles. The van der Waals surface area contributed by atoms with E-state index < -0.39 is 207 Å². The minimum absolute atomic E-state index is 0.186. The average molecular weight is 677 g/mol. The molecule has 0 aliphatic carbocycles. The molecule has 3 nitrogen and oxygen atoms in total. The Morgan fingerprint density at radius 1 is 0.294 bits per heavy atom. The summed E-state index contributed by atoms with van der Waals surface area (Å²) in [6.07, 6.45) is 0. The van der Waals surface area contributed by atoms with Crippen molar-refractivity contribution >= 4 is 65.4 Å². The second-order valence-corrected chi connectivity index (χ2v) is 11.4. The standard InChI is InChI=1S/C48H31N3/c1-2-14-32(15-3-1)33-26-28-47(50-43-23-11-6-18-37(43)38-19-7-12-24-44(38)50)48(30-33)51-45-25-13-8-20-39(45)40-31-34(27-29-46(40)51)49-41-21-9-4-16-35(41)36-17-5-10-22-42(36)49/h1-31H/i1D,2D,3D,4D,5D,6D,7D,8D,9D,10D,11D,12D,13D,14D,15D,16D,17D,18D,19D,20D,21D,22D,23D,24D,25D,27D,29D. The molecule has 0 unspecified atom stereocenters. The first kappa shape index (κ1) is 12.5. The van der Waals surface area contributed by atoms with Crippen LogP contribution in [0.1, 0.15) is 37.0 Å². The lowest BCUT2D eigenvalue weighted by Gasteiger charge is -2.18. The zero-order chi connectivity index (χ0) is 57.0. The second-order valence-electron chi connectivity index (χ2n) is 11.4. The lowest BCUT2D eigenvalue weighted by Crippen LogP contribution is -2.04. The van der Waals surface area contributed by atoms with Crippen molar-refractivity contribution < 1.29 is 37.0 Å². The van der Waals surface area contributed by atoms with Gasteiger partial charge in [0.1, 0.15) is 0 Å². The first-order chi connectivity index (χ1) is 36.5. The summed E-state index contributed by atoms with van der Waals surface area (Å²) in [5.74, 6) is 0. The summed E-state index contributed by atoms with van der Waals surface area (Å²) in [6.45, 7) is 0. The van der Waals surface area contributed by atoms with E-state index in [-0.39, 0.29) is 49.3 Å². The third kappa shape index (κ3) is 4.06. The van der Waals surface area contributed by atoms with Crippen LogP contribution < -0.4 is 0 Å². The highest BCUT2D eigenvalue weighted by Gasteiger charge is 2.21. The molecule has 51 heavy (non-hydrogen) atoms. The Hall–Kier alpha value is -6.84. The Bertz CT molecular complexity index is 4520. The monoisotopic (exact) mass is 676 g/mol. The topological polar surface area (TPSA) is 14.8 Å². The molecular formula is C48H31N3. The van der Waals surface area contributed by atoms with Gasteiger partial charge in [0.05, 0.1) is 81.5 Å². The van der Waals surface area contributed by atoms with Crippen LogP contribution in [-0.2, 0) is 0 Å². The summed E-state index contributed by atoms with van der Waals surface area (Å²) < 4.78 is 245. The first-order valence-electron chi connectivity index (χ1n) is 28.8. The molecule has 0 fully saturated rings. The number of hydrogen-bond acceptors (Lipinski definition) is 0. The summed E-state index contributed by atoms with van der Waals surface area (Å²) in [7, 11) is 0. The fourth-order valence-corrected chi connectivity index (χ4v) is 6.71. The highest BCUT2D eigenvalue weighted by atomic mass is 15.1. The van der Waals surface area contributed by atoms with Gasteiger partial charge in [-0.2, -0.15) is 0 Å². The van der Waals surface area contributed by atoms with E-state index in [1.54, 1.807) is 0 Å². The minimum atomic E-state index is -0.854. The van der Waals surface area contributed by atoms with Gasteiger partial charge in [0.2, 0.25) is 0 Å². The fraction of sp³-hybridized carbons (Fsp3) is 0. The summed E-state index contributed by atoms with van der Waals surface area (Å²) in [6, 6.07) is -16.1. The fourth-order valence-electron chi connectivity index (χ4n) is 6.71. The van der Waals surface area contributed by atoms with Crippen LogP contribution in [0.15, 0.2) is 187 Å². The number of para-hydroxylation sites is 5. The van der Waals surface area contributed by atoms with Crippen LogP contribution in [0.2, 0.25) is 0 Å². The van der Waals surface area contributed by atoms with Crippen LogP contribution in [0.5, 0.6) is 0 Å². The molecule has 11 rings (SSSR count). The third-order valence-corrected chi connectivity index (χ3v) is 8.78. The van der Waals surface area contributed by atoms with E-state index in [2.05, 4.69) is 0 Å². The van der Waals surface area contributed by atoms with Crippen LogP contribution >= 0.6 is 0 Å². The van der Waals surface area contributed by atoms with Gasteiger partial charge in [0, 0.05) is 38.0 Å². The van der Waals surface area contributed by atoms with Gasteiger partial charge in [-0.25, -0.2) is 0 Å². The van der Waals surface area contributed by atoms with E-state index >= 15 is 0 Å². The Balaban J connectivity index is 1.42. The van der Waals surface area contributed by atoms with Crippen molar-refractivity contribution in [2.75, 3.05) is 0 Å². The zero-order valence-electron chi connectivity index (χ0n) is 52.7. The molecule has 0 bridgehead atoms. The minimum Gasteiger partial charge on any atom is -0.309 e. The predicted octanol–water partition coefficient (Wildman–Crippen LogP) is 12.6. The number of rotatable bonds is 4. The van der Waals surface area contributed by atoms with E-state index in [1.807, 2.05) is 0 Å². The van der Waals surface area contributed by atoms with Gasteiger partial charge in [-0.15, -0.1) is 0 Å². The summed E-state index contributed by atoms with van der Waals surface area (Å²) >= 11 is 0. The first-order valence-corrected chi connectivity index (χ1v) is 15.3. The average Bonchev–Trinajstić information content (AvgIpc) is 4.31. The second kappa shape index (κ2) is 10.8. The molecule has 0 radical (unpaired) electrons. The number of fused-ring (bicyclic) bond motifs is 9. The van der Waals surface area contributed by atoms with Gasteiger partial charge in [-0.1, -0.05) is 127 Å². The number of benzene rings is 8. The van der Waals surface area contributed by atoms with Crippen molar-refractivity contribution in [2.45, 2.75) is 0 Å². The van der Waals surface area contributed by atoms with Crippen molar-refractivity contribution in [3.63, 3.8) is 0 Å². The van der Waals surface area contributed by atoms with Crippen molar-refractivity contribution in [2.24, 2.45) is 0 Å². The van der Waals surface area contributed by atoms with Crippen molar-refractivity contribution in [1.29, 1.82) is 0 Å². The quantitative estimate of drug-likeness (QED) is 0.176. The molecule has 0 spiro atoms. The lowest BCUT2D eigenvalue weighted by atomic mass is 10.0. The maximum Gasteiger partial charge on any atom is 0.0709 e. The summed E-state index contributed by atoms with van der Waals surface area (Å²) in [5.41, 5.74) is -4.46. The molecule has 0 saturated carbocycles. The highest BCUT2D eigenvalue weighted by molar-refractivity contribution is 6.13. The molecule has 3 aromatic heterocycles. The van der Waals surface area contributed by atoms with Gasteiger partial charge in [0.25, 0.3) is 0 Å². The summed E-state index contributed by atoms with van der Waals surface area (Å²) in [5, 5.41) is -2.21. The van der Waals surface area contributed by atoms with Crippen LogP contribution in [0.4, 0.5) is 0 Å². The normalized spacial score (nSPS) is 19.3. The number of nitrogens with zero attached hydrogens (tertiary/aromatic N) is 3. The molecule has 3 heteroatoms. The SMILES string of the molecule is [2H]c1c([2H])c([2H])c(-c2ccc(-n3c4c([2H])c([2H])c([2H])c([2H])c4c4c([2H])c([2H])c([2H])c([2H])c43)c(-n3c4c([2H])c([2H])c(-n5c6c([2H])c([2H])c([2H])c([2H])c6c6c([2H])c([2H])c([2H])c([2H])c65)cc4c4c([2H])c([2H])c([2H])c([2H])c43)c2)c([2H])c1[2H]. The molecule has 8 aromatic carbocycles. The zero-order valence-corrected chi connectivity index (χ0v) is 25.7. The molecule has 0 amide bonds. The third-order valence-electron chi connectivity index (χ3n) is 8.78. The Morgan fingerprint density at radius 3 is 1.24 bits per heavy atom. The van der Waals surface area contributed by atoms with Gasteiger partial charge in [-0.3, -0.25) is 0 Å². The lowest BCUT2D eigenvalue weighted by molar-refractivity contribution is 1.09. The molecule has 0 saturated heterocycles. The molecule has 0 aliphatic rings. The van der Waals surface area contributed by atoms with Crippen molar-refractivity contribution in [3.05, 3.63) is 187 Å². The van der Waals surface area contributed by atoms with Crippen molar-refractivity contribution in [3.8, 4) is 28.2 Å².